The number of carbonyl (C=O) groups excluding carboxylic acids is 2. The van der Waals surface area contributed by atoms with Gasteiger partial charge in [-0.25, -0.2) is 0 Å². The number of likely N-dealkylation sites (tertiary alicyclic amines) is 1. The van der Waals surface area contributed by atoms with E-state index in [0.717, 1.165) is 39.0 Å². The molecule has 2 atom stereocenters. The van der Waals surface area contributed by atoms with Crippen LogP contribution < -0.4 is 5.73 Å². The first kappa shape index (κ1) is 17.2. The van der Waals surface area contributed by atoms with Gasteiger partial charge in [-0.2, -0.15) is 0 Å². The average Bonchev–Trinajstić information content (AvgIpc) is 2.55. The van der Waals surface area contributed by atoms with E-state index in [4.69, 9.17) is 5.73 Å². The third kappa shape index (κ3) is 4.43. The maximum Gasteiger partial charge on any atom is 0.236 e. The molecule has 0 saturated carbocycles. The number of hydrogen-bond acceptors (Lipinski definition) is 4. The molecule has 2 heterocycles. The third-order valence-electron chi connectivity index (χ3n) is 4.93. The highest BCUT2D eigenvalue weighted by molar-refractivity contribution is 5.80. The van der Waals surface area contributed by atoms with Crippen LogP contribution in [-0.2, 0) is 9.59 Å². The summed E-state index contributed by atoms with van der Waals surface area (Å²) >= 11 is 0. The van der Waals surface area contributed by atoms with E-state index in [1.807, 2.05) is 23.6 Å². The highest BCUT2D eigenvalue weighted by Gasteiger charge is 2.28. The normalized spacial score (nSPS) is 23.2. The van der Waals surface area contributed by atoms with Crippen molar-refractivity contribution in [2.45, 2.75) is 39.2 Å². The second kappa shape index (κ2) is 7.92. The third-order valence-corrected chi connectivity index (χ3v) is 4.93. The Kier molecular flexibility index (Phi) is 6.20. The van der Waals surface area contributed by atoms with Gasteiger partial charge in [0.2, 0.25) is 11.8 Å². The van der Waals surface area contributed by atoms with Crippen LogP contribution in [0.3, 0.4) is 0 Å². The Morgan fingerprint density at radius 3 is 2.05 bits per heavy atom. The molecule has 0 aromatic heterocycles. The number of piperidine rings is 1. The molecule has 0 spiro atoms. The summed E-state index contributed by atoms with van der Waals surface area (Å²) in [6, 6.07) is -0.119. The lowest BCUT2D eigenvalue weighted by atomic mass is 10.0. The summed E-state index contributed by atoms with van der Waals surface area (Å²) in [7, 11) is 0. The lowest BCUT2D eigenvalue weighted by Crippen LogP contribution is -2.54. The largest absolute Gasteiger partial charge is 0.342 e. The lowest BCUT2D eigenvalue weighted by molar-refractivity contribution is -0.138. The molecule has 6 nitrogen and oxygen atoms in total. The molecule has 2 saturated heterocycles. The quantitative estimate of drug-likeness (QED) is 0.801. The second-order valence-corrected chi connectivity index (χ2v) is 6.69. The zero-order valence-corrected chi connectivity index (χ0v) is 14.0. The Bertz CT molecular complexity index is 386. The predicted octanol–water partition coefficient (Wildman–Crippen LogP) is 0.126. The molecule has 2 unspecified atom stereocenters. The first-order valence-corrected chi connectivity index (χ1v) is 8.53. The fourth-order valence-corrected chi connectivity index (χ4v) is 3.07. The van der Waals surface area contributed by atoms with Crippen molar-refractivity contribution in [2.24, 2.45) is 11.7 Å². The molecule has 0 aliphatic carbocycles. The van der Waals surface area contributed by atoms with Gasteiger partial charge in [0.25, 0.3) is 0 Å². The van der Waals surface area contributed by atoms with Gasteiger partial charge in [-0.3, -0.25) is 14.5 Å². The molecule has 2 rings (SSSR count). The number of rotatable bonds is 4. The Hall–Kier alpha value is -1.14. The number of carbonyl (C=O) groups is 2. The van der Waals surface area contributed by atoms with Gasteiger partial charge in [0.05, 0.1) is 12.5 Å². The van der Waals surface area contributed by atoms with Gasteiger partial charge >= 0.3 is 0 Å². The molecule has 6 heteroatoms. The molecule has 2 fully saturated rings. The van der Waals surface area contributed by atoms with Crippen LogP contribution in [0, 0.1) is 5.92 Å². The number of nitrogens with two attached hydrogens (primary N) is 1. The zero-order chi connectivity index (χ0) is 16.1. The summed E-state index contributed by atoms with van der Waals surface area (Å²) in [5.74, 6) is 0.238. The minimum absolute atomic E-state index is 0.119. The zero-order valence-electron chi connectivity index (χ0n) is 14.0. The van der Waals surface area contributed by atoms with Gasteiger partial charge in [0, 0.05) is 45.3 Å². The van der Waals surface area contributed by atoms with Gasteiger partial charge in [0.15, 0.2) is 0 Å². The van der Waals surface area contributed by atoms with E-state index in [1.165, 1.54) is 6.42 Å². The molecular formula is C16H30N4O2. The Labute approximate surface area is 133 Å². The summed E-state index contributed by atoms with van der Waals surface area (Å²) in [4.78, 5) is 30.6. The molecule has 2 N–H and O–H groups in total. The van der Waals surface area contributed by atoms with E-state index in [0.29, 0.717) is 19.6 Å². The van der Waals surface area contributed by atoms with Crippen molar-refractivity contribution in [3.63, 3.8) is 0 Å². The Morgan fingerprint density at radius 1 is 0.909 bits per heavy atom. The van der Waals surface area contributed by atoms with Crippen LogP contribution in [0.25, 0.3) is 0 Å². The molecule has 126 valence electrons. The van der Waals surface area contributed by atoms with Crippen molar-refractivity contribution < 1.29 is 9.59 Å². The van der Waals surface area contributed by atoms with Crippen LogP contribution in [-0.4, -0.2) is 78.4 Å². The minimum Gasteiger partial charge on any atom is -0.342 e. The fourth-order valence-electron chi connectivity index (χ4n) is 3.07. The van der Waals surface area contributed by atoms with E-state index < -0.39 is 0 Å². The van der Waals surface area contributed by atoms with Crippen molar-refractivity contribution >= 4 is 11.8 Å². The number of hydrogen-bond donors (Lipinski definition) is 1. The molecule has 0 aromatic carbocycles. The molecule has 2 amide bonds. The van der Waals surface area contributed by atoms with Gasteiger partial charge < -0.3 is 15.5 Å². The highest BCUT2D eigenvalue weighted by atomic mass is 16.2. The van der Waals surface area contributed by atoms with Crippen molar-refractivity contribution in [2.75, 3.05) is 45.8 Å². The SMILES string of the molecule is CC(N)C(C)C(=O)N1CCN(CC(=O)N2CCCCC2)CC1. The molecule has 0 bridgehead atoms. The standard InChI is InChI=1S/C16H30N4O2/c1-13(14(2)17)16(22)20-10-8-18(9-11-20)12-15(21)19-6-4-3-5-7-19/h13-14H,3-12,17H2,1-2H3. The Balaban J connectivity index is 1.75. The van der Waals surface area contributed by atoms with Crippen molar-refractivity contribution in [3.8, 4) is 0 Å². The van der Waals surface area contributed by atoms with E-state index >= 15 is 0 Å². The van der Waals surface area contributed by atoms with Crippen molar-refractivity contribution in [3.05, 3.63) is 0 Å². The van der Waals surface area contributed by atoms with Crippen molar-refractivity contribution in [1.82, 2.24) is 14.7 Å². The summed E-state index contributed by atoms with van der Waals surface area (Å²) < 4.78 is 0. The van der Waals surface area contributed by atoms with Crippen LogP contribution >= 0.6 is 0 Å². The van der Waals surface area contributed by atoms with Gasteiger partial charge in [-0.05, 0) is 26.2 Å². The van der Waals surface area contributed by atoms with Crippen LogP contribution in [0.5, 0.6) is 0 Å². The molecule has 22 heavy (non-hydrogen) atoms. The smallest absolute Gasteiger partial charge is 0.236 e. The fraction of sp³-hybridized carbons (Fsp3) is 0.875. The molecule has 0 radical (unpaired) electrons. The average molecular weight is 310 g/mol. The highest BCUT2D eigenvalue weighted by Crippen LogP contribution is 2.12. The van der Waals surface area contributed by atoms with Crippen molar-refractivity contribution in [1.29, 1.82) is 0 Å². The van der Waals surface area contributed by atoms with Crippen LogP contribution in [0.1, 0.15) is 33.1 Å². The maximum atomic E-state index is 12.3. The molecule has 0 aromatic rings. The number of piperazine rings is 1. The van der Waals surface area contributed by atoms with E-state index in [-0.39, 0.29) is 23.8 Å². The van der Waals surface area contributed by atoms with Gasteiger partial charge in [0.1, 0.15) is 0 Å². The van der Waals surface area contributed by atoms with Gasteiger partial charge in [-0.1, -0.05) is 6.92 Å². The van der Waals surface area contributed by atoms with E-state index in [1.54, 1.807) is 0 Å². The monoisotopic (exact) mass is 310 g/mol. The maximum absolute atomic E-state index is 12.3. The topological polar surface area (TPSA) is 69.9 Å². The number of amides is 2. The van der Waals surface area contributed by atoms with Crippen LogP contribution in [0.2, 0.25) is 0 Å². The molecule has 2 aliphatic heterocycles. The van der Waals surface area contributed by atoms with Crippen LogP contribution in [0.4, 0.5) is 0 Å². The minimum atomic E-state index is -0.137. The molecular weight excluding hydrogens is 280 g/mol. The lowest BCUT2D eigenvalue weighted by Gasteiger charge is -2.37. The Morgan fingerprint density at radius 2 is 1.50 bits per heavy atom. The summed E-state index contributed by atoms with van der Waals surface area (Å²) in [5.41, 5.74) is 5.81. The first-order chi connectivity index (χ1) is 10.5. The predicted molar refractivity (Wildman–Crippen MR) is 86.3 cm³/mol. The summed E-state index contributed by atoms with van der Waals surface area (Å²) in [6.45, 7) is 9.01. The van der Waals surface area contributed by atoms with E-state index in [9.17, 15) is 9.59 Å². The van der Waals surface area contributed by atoms with E-state index in [2.05, 4.69) is 4.90 Å². The second-order valence-electron chi connectivity index (χ2n) is 6.69. The summed E-state index contributed by atoms with van der Waals surface area (Å²) in [6.07, 6.45) is 3.49. The summed E-state index contributed by atoms with van der Waals surface area (Å²) in [5, 5.41) is 0. The first-order valence-electron chi connectivity index (χ1n) is 8.53. The number of nitrogens with zero attached hydrogens (tertiary/aromatic N) is 3. The molecule has 2 aliphatic rings. The van der Waals surface area contributed by atoms with Crippen LogP contribution in [0.15, 0.2) is 0 Å². The van der Waals surface area contributed by atoms with Gasteiger partial charge in [-0.15, -0.1) is 0 Å².